The zero-order valence-electron chi connectivity index (χ0n) is 12.2. The standard InChI is InChI=1S/C14H21NO3S2/c1-10(2)13(17)6-8-19-15(12(5)16)20-9-7-14(18)11(3)4/h1,3,6-9H2,2,4-5H3. The molecule has 0 aliphatic heterocycles. The number of amides is 1. The van der Waals surface area contributed by atoms with E-state index in [0.717, 1.165) is 0 Å². The number of rotatable bonds is 10. The lowest BCUT2D eigenvalue weighted by molar-refractivity contribution is -0.121. The highest BCUT2D eigenvalue weighted by Gasteiger charge is 2.13. The zero-order chi connectivity index (χ0) is 15.7. The average Bonchev–Trinajstić information content (AvgIpc) is 2.35. The lowest BCUT2D eigenvalue weighted by atomic mass is 10.2. The molecule has 0 aromatic heterocycles. The van der Waals surface area contributed by atoms with Crippen LogP contribution in [0.4, 0.5) is 0 Å². The maximum Gasteiger partial charge on any atom is 0.239 e. The maximum atomic E-state index is 11.4. The first-order valence-electron chi connectivity index (χ1n) is 6.19. The monoisotopic (exact) mass is 315 g/mol. The molecular weight excluding hydrogens is 294 g/mol. The molecule has 0 fully saturated rings. The van der Waals surface area contributed by atoms with Gasteiger partial charge in [0.05, 0.1) is 0 Å². The SMILES string of the molecule is C=C(C)C(=O)CCSN(SCCC(=O)C(=C)C)C(C)=O. The number of hydrogen-bond donors (Lipinski definition) is 0. The number of hydrogen-bond acceptors (Lipinski definition) is 5. The summed E-state index contributed by atoms with van der Waals surface area (Å²) in [5.74, 6) is 0.942. The van der Waals surface area contributed by atoms with Gasteiger partial charge in [0.1, 0.15) is 0 Å². The summed E-state index contributed by atoms with van der Waals surface area (Å²) in [6.45, 7) is 12.0. The number of ketones is 2. The molecule has 0 rings (SSSR count). The van der Waals surface area contributed by atoms with E-state index in [0.29, 0.717) is 35.5 Å². The number of Topliss-reactive ketones (excluding diaryl/α,β-unsaturated/α-hetero) is 2. The Morgan fingerprint density at radius 1 is 0.850 bits per heavy atom. The summed E-state index contributed by atoms with van der Waals surface area (Å²) in [5.41, 5.74) is 1.05. The fourth-order valence-electron chi connectivity index (χ4n) is 1.09. The van der Waals surface area contributed by atoms with Gasteiger partial charge in [-0.25, -0.2) is 3.71 Å². The van der Waals surface area contributed by atoms with Gasteiger partial charge in [-0.15, -0.1) is 0 Å². The van der Waals surface area contributed by atoms with Crippen molar-refractivity contribution in [2.75, 3.05) is 11.5 Å². The minimum Gasteiger partial charge on any atom is -0.295 e. The van der Waals surface area contributed by atoms with Crippen molar-refractivity contribution in [3.63, 3.8) is 0 Å². The highest BCUT2D eigenvalue weighted by molar-refractivity contribution is 8.12. The molecule has 0 bridgehead atoms. The van der Waals surface area contributed by atoms with E-state index in [4.69, 9.17) is 0 Å². The molecule has 0 saturated heterocycles. The van der Waals surface area contributed by atoms with Gasteiger partial charge in [-0.2, -0.15) is 0 Å². The largest absolute Gasteiger partial charge is 0.295 e. The van der Waals surface area contributed by atoms with Crippen molar-refractivity contribution < 1.29 is 14.4 Å². The number of carbonyl (C=O) groups excluding carboxylic acids is 3. The summed E-state index contributed by atoms with van der Waals surface area (Å²) in [6, 6.07) is 0. The Kier molecular flexibility index (Phi) is 9.33. The zero-order valence-corrected chi connectivity index (χ0v) is 13.9. The third-order valence-corrected chi connectivity index (χ3v) is 4.67. The summed E-state index contributed by atoms with van der Waals surface area (Å²) in [5, 5.41) is 0. The van der Waals surface area contributed by atoms with Crippen molar-refractivity contribution in [1.29, 1.82) is 0 Å². The maximum absolute atomic E-state index is 11.4. The van der Waals surface area contributed by atoms with E-state index in [2.05, 4.69) is 13.2 Å². The van der Waals surface area contributed by atoms with Crippen LogP contribution in [0.5, 0.6) is 0 Å². The molecule has 0 aliphatic carbocycles. The Bertz CT molecular complexity index is 387. The summed E-state index contributed by atoms with van der Waals surface area (Å²) in [7, 11) is 0. The van der Waals surface area contributed by atoms with Crippen molar-refractivity contribution >= 4 is 41.4 Å². The summed E-state index contributed by atoms with van der Waals surface area (Å²) in [4.78, 5) is 34.2. The van der Waals surface area contributed by atoms with Gasteiger partial charge in [0.25, 0.3) is 0 Å². The Morgan fingerprint density at radius 2 is 1.20 bits per heavy atom. The molecule has 0 aromatic rings. The van der Waals surface area contributed by atoms with E-state index in [1.54, 1.807) is 13.8 Å². The van der Waals surface area contributed by atoms with Gasteiger partial charge in [0.2, 0.25) is 5.91 Å². The molecule has 0 N–H and O–H groups in total. The molecule has 0 aliphatic rings. The molecular formula is C14H21NO3S2. The van der Waals surface area contributed by atoms with Crippen LogP contribution in [0, 0.1) is 0 Å². The van der Waals surface area contributed by atoms with E-state index in [-0.39, 0.29) is 17.5 Å². The topological polar surface area (TPSA) is 54.5 Å². The average molecular weight is 315 g/mol. The molecule has 0 saturated carbocycles. The van der Waals surface area contributed by atoms with Crippen LogP contribution in [0.2, 0.25) is 0 Å². The molecule has 0 aromatic carbocycles. The second-order valence-corrected chi connectivity index (χ2v) is 6.64. The molecule has 4 nitrogen and oxygen atoms in total. The van der Waals surface area contributed by atoms with Crippen molar-refractivity contribution in [1.82, 2.24) is 3.71 Å². The molecule has 0 heterocycles. The van der Waals surface area contributed by atoms with Crippen LogP contribution in [0.15, 0.2) is 24.3 Å². The number of allylic oxidation sites excluding steroid dienone is 2. The Hall–Kier alpha value is -1.01. The first-order valence-corrected chi connectivity index (χ1v) is 8.08. The number of carbonyl (C=O) groups is 3. The van der Waals surface area contributed by atoms with Crippen molar-refractivity contribution in [3.05, 3.63) is 24.3 Å². The molecule has 1 amide bonds. The summed E-state index contributed by atoms with van der Waals surface area (Å²) < 4.78 is 1.51. The highest BCUT2D eigenvalue weighted by atomic mass is 32.2. The molecule has 20 heavy (non-hydrogen) atoms. The van der Waals surface area contributed by atoms with E-state index in [1.807, 2.05) is 0 Å². The fraction of sp³-hybridized carbons (Fsp3) is 0.500. The third kappa shape index (κ3) is 8.22. The van der Waals surface area contributed by atoms with Crippen molar-refractivity contribution in [3.8, 4) is 0 Å². The Morgan fingerprint density at radius 3 is 1.45 bits per heavy atom. The van der Waals surface area contributed by atoms with Gasteiger partial charge in [-0.1, -0.05) is 13.2 Å². The second-order valence-electron chi connectivity index (χ2n) is 4.35. The van der Waals surface area contributed by atoms with Crippen LogP contribution < -0.4 is 0 Å². The minimum atomic E-state index is -0.106. The van der Waals surface area contributed by atoms with E-state index in [1.165, 1.54) is 34.5 Å². The molecule has 0 unspecified atom stereocenters. The smallest absolute Gasteiger partial charge is 0.239 e. The van der Waals surface area contributed by atoms with Crippen LogP contribution in [0.25, 0.3) is 0 Å². The Labute approximate surface area is 129 Å². The van der Waals surface area contributed by atoms with Gasteiger partial charge in [-0.3, -0.25) is 14.4 Å². The molecule has 6 heteroatoms. The fourth-order valence-corrected chi connectivity index (χ4v) is 3.08. The summed E-state index contributed by atoms with van der Waals surface area (Å²) >= 11 is 2.57. The van der Waals surface area contributed by atoms with Crippen molar-refractivity contribution in [2.45, 2.75) is 33.6 Å². The quantitative estimate of drug-likeness (QED) is 0.458. The normalized spacial score (nSPS) is 9.95. The first kappa shape index (κ1) is 19.0. The van der Waals surface area contributed by atoms with Gasteiger partial charge in [0, 0.05) is 31.3 Å². The van der Waals surface area contributed by atoms with Crippen LogP contribution in [-0.2, 0) is 14.4 Å². The molecule has 0 atom stereocenters. The van der Waals surface area contributed by atoms with Crippen LogP contribution in [-0.4, -0.2) is 32.7 Å². The van der Waals surface area contributed by atoms with E-state index in [9.17, 15) is 14.4 Å². The Balaban J connectivity index is 4.09. The van der Waals surface area contributed by atoms with E-state index < -0.39 is 0 Å². The molecule has 0 radical (unpaired) electrons. The van der Waals surface area contributed by atoms with Gasteiger partial charge in [0.15, 0.2) is 11.6 Å². The third-order valence-electron chi connectivity index (χ3n) is 2.28. The van der Waals surface area contributed by atoms with Crippen LogP contribution in [0.1, 0.15) is 33.6 Å². The lowest BCUT2D eigenvalue weighted by Gasteiger charge is -2.17. The predicted octanol–water partition coefficient (Wildman–Crippen LogP) is 3.20. The van der Waals surface area contributed by atoms with Gasteiger partial charge >= 0.3 is 0 Å². The van der Waals surface area contributed by atoms with Crippen LogP contribution in [0.3, 0.4) is 0 Å². The minimum absolute atomic E-state index is 0.00321. The summed E-state index contributed by atoms with van der Waals surface area (Å²) in [6.07, 6.45) is 0.712. The van der Waals surface area contributed by atoms with Crippen LogP contribution >= 0.6 is 23.9 Å². The lowest BCUT2D eigenvalue weighted by Crippen LogP contribution is -2.16. The highest BCUT2D eigenvalue weighted by Crippen LogP contribution is 2.24. The van der Waals surface area contributed by atoms with Crippen molar-refractivity contribution in [2.24, 2.45) is 0 Å². The van der Waals surface area contributed by atoms with E-state index >= 15 is 0 Å². The molecule has 0 spiro atoms. The molecule has 112 valence electrons. The van der Waals surface area contributed by atoms with Gasteiger partial charge < -0.3 is 0 Å². The second kappa shape index (κ2) is 9.83. The number of nitrogens with zero attached hydrogens (tertiary/aromatic N) is 1. The first-order chi connectivity index (χ1) is 9.25. The van der Waals surface area contributed by atoms with Gasteiger partial charge in [-0.05, 0) is 48.9 Å². The predicted molar refractivity (Wildman–Crippen MR) is 86.3 cm³/mol.